The summed E-state index contributed by atoms with van der Waals surface area (Å²) in [7, 11) is 0. The van der Waals surface area contributed by atoms with Gasteiger partial charge in [0.2, 0.25) is 5.76 Å². The van der Waals surface area contributed by atoms with E-state index in [4.69, 9.17) is 36.9 Å². The lowest BCUT2D eigenvalue weighted by atomic mass is 10.2. The first kappa shape index (κ1) is 14.7. The average Bonchev–Trinajstić information content (AvgIpc) is 3.17. The predicted octanol–water partition coefficient (Wildman–Crippen LogP) is 4.60. The van der Waals surface area contributed by atoms with Gasteiger partial charge in [0.25, 0.3) is 0 Å². The maximum Gasteiger partial charge on any atom is 0.340 e. The number of hydrogen-bond donors (Lipinski definition) is 0. The second-order valence-corrected chi connectivity index (χ2v) is 5.20. The van der Waals surface area contributed by atoms with E-state index in [0.717, 1.165) is 0 Å². The minimum atomic E-state index is -0.588. The number of hydrogen-bond acceptors (Lipinski definition) is 5. The minimum absolute atomic E-state index is 0.0497. The molecule has 1 aromatic carbocycles. The third kappa shape index (κ3) is 3.16. The molecule has 112 valence electrons. The minimum Gasteiger partial charge on any atom is -0.461 e. The standard InChI is InChI=1S/C15H9Cl2NO4/c16-9-3-4-12(17)11(6-9)15(19)21-8-10-7-14(22-18-10)13-2-1-5-20-13/h1-7H,8H2. The van der Waals surface area contributed by atoms with Gasteiger partial charge in [0.15, 0.2) is 5.76 Å². The Morgan fingerprint density at radius 3 is 2.82 bits per heavy atom. The number of nitrogens with zero attached hydrogens (tertiary/aromatic N) is 1. The van der Waals surface area contributed by atoms with Crippen LogP contribution in [0.4, 0.5) is 0 Å². The van der Waals surface area contributed by atoms with Gasteiger partial charge in [0.1, 0.15) is 12.3 Å². The molecule has 3 rings (SSSR count). The van der Waals surface area contributed by atoms with Crippen molar-refractivity contribution in [2.45, 2.75) is 6.61 Å². The van der Waals surface area contributed by atoms with Gasteiger partial charge in [-0.15, -0.1) is 0 Å². The van der Waals surface area contributed by atoms with E-state index in [1.807, 2.05) is 0 Å². The van der Waals surface area contributed by atoms with Gasteiger partial charge >= 0.3 is 5.97 Å². The molecular weight excluding hydrogens is 329 g/mol. The summed E-state index contributed by atoms with van der Waals surface area (Å²) in [6.45, 7) is -0.0497. The molecule has 0 fully saturated rings. The fourth-order valence-corrected chi connectivity index (χ4v) is 2.15. The number of ether oxygens (including phenoxy) is 1. The van der Waals surface area contributed by atoms with Crippen LogP contribution in [-0.4, -0.2) is 11.1 Å². The fraction of sp³-hybridized carbons (Fsp3) is 0.0667. The Hall–Kier alpha value is -2.24. The van der Waals surface area contributed by atoms with Gasteiger partial charge in [-0.3, -0.25) is 0 Å². The zero-order chi connectivity index (χ0) is 15.5. The van der Waals surface area contributed by atoms with E-state index in [-0.39, 0.29) is 17.2 Å². The van der Waals surface area contributed by atoms with E-state index in [0.29, 0.717) is 22.2 Å². The molecule has 0 saturated heterocycles. The summed E-state index contributed by atoms with van der Waals surface area (Å²) in [5.74, 6) is 0.412. The van der Waals surface area contributed by atoms with Crippen LogP contribution in [0.25, 0.3) is 11.5 Å². The largest absolute Gasteiger partial charge is 0.461 e. The maximum absolute atomic E-state index is 12.0. The average molecular weight is 338 g/mol. The Bertz CT molecular complexity index is 796. The molecule has 0 spiro atoms. The summed E-state index contributed by atoms with van der Waals surface area (Å²) in [6, 6.07) is 9.68. The smallest absolute Gasteiger partial charge is 0.340 e. The molecule has 0 unspecified atom stereocenters. The summed E-state index contributed by atoms with van der Waals surface area (Å²) >= 11 is 11.8. The van der Waals surface area contributed by atoms with Crippen molar-refractivity contribution in [3.8, 4) is 11.5 Å². The molecule has 0 aliphatic heterocycles. The van der Waals surface area contributed by atoms with Crippen molar-refractivity contribution >= 4 is 29.2 Å². The number of rotatable bonds is 4. The summed E-state index contributed by atoms with van der Waals surface area (Å²) in [6.07, 6.45) is 1.53. The first-order chi connectivity index (χ1) is 10.6. The lowest BCUT2D eigenvalue weighted by molar-refractivity contribution is 0.0464. The van der Waals surface area contributed by atoms with Crippen LogP contribution < -0.4 is 0 Å². The normalized spacial score (nSPS) is 10.6. The van der Waals surface area contributed by atoms with Crippen molar-refractivity contribution in [3.05, 3.63) is 64.0 Å². The van der Waals surface area contributed by atoms with Crippen LogP contribution in [-0.2, 0) is 11.3 Å². The van der Waals surface area contributed by atoms with E-state index in [1.165, 1.54) is 18.4 Å². The summed E-state index contributed by atoms with van der Waals surface area (Å²) in [5, 5.41) is 4.48. The quantitative estimate of drug-likeness (QED) is 0.651. The second kappa shape index (κ2) is 6.25. The van der Waals surface area contributed by atoms with E-state index < -0.39 is 5.97 Å². The number of carbonyl (C=O) groups excluding carboxylic acids is 1. The van der Waals surface area contributed by atoms with Gasteiger partial charge in [0.05, 0.1) is 16.8 Å². The van der Waals surface area contributed by atoms with Gasteiger partial charge in [0, 0.05) is 11.1 Å². The molecule has 0 radical (unpaired) electrons. The van der Waals surface area contributed by atoms with E-state index in [1.54, 1.807) is 24.3 Å². The van der Waals surface area contributed by atoms with E-state index >= 15 is 0 Å². The summed E-state index contributed by atoms with van der Waals surface area (Å²) < 4.78 is 15.4. The molecule has 2 heterocycles. The Kier molecular flexibility index (Phi) is 4.18. The Morgan fingerprint density at radius 1 is 1.18 bits per heavy atom. The topological polar surface area (TPSA) is 65.5 Å². The van der Waals surface area contributed by atoms with Crippen molar-refractivity contribution in [2.24, 2.45) is 0 Å². The van der Waals surface area contributed by atoms with Crippen LogP contribution in [0.3, 0.4) is 0 Å². The number of carbonyl (C=O) groups is 1. The maximum atomic E-state index is 12.0. The predicted molar refractivity (Wildman–Crippen MR) is 79.8 cm³/mol. The monoisotopic (exact) mass is 337 g/mol. The van der Waals surface area contributed by atoms with Crippen LogP contribution >= 0.6 is 23.2 Å². The number of halogens is 2. The van der Waals surface area contributed by atoms with Crippen molar-refractivity contribution in [2.75, 3.05) is 0 Å². The lowest BCUT2D eigenvalue weighted by Gasteiger charge is -2.04. The van der Waals surface area contributed by atoms with Gasteiger partial charge in [-0.2, -0.15) is 0 Å². The highest BCUT2D eigenvalue weighted by molar-refractivity contribution is 6.35. The molecule has 0 aliphatic carbocycles. The number of furan rings is 1. The molecule has 0 aliphatic rings. The van der Waals surface area contributed by atoms with Crippen molar-refractivity contribution in [1.29, 1.82) is 0 Å². The lowest BCUT2D eigenvalue weighted by Crippen LogP contribution is -2.06. The molecule has 2 aromatic heterocycles. The van der Waals surface area contributed by atoms with Crippen molar-refractivity contribution < 1.29 is 18.5 Å². The number of aromatic nitrogens is 1. The molecule has 3 aromatic rings. The molecule has 0 bridgehead atoms. The zero-order valence-corrected chi connectivity index (χ0v) is 12.6. The fourth-order valence-electron chi connectivity index (χ4n) is 1.79. The molecule has 7 heteroatoms. The van der Waals surface area contributed by atoms with Gasteiger partial charge in [-0.1, -0.05) is 28.4 Å². The Morgan fingerprint density at radius 2 is 2.05 bits per heavy atom. The molecular formula is C15H9Cl2NO4. The third-order valence-electron chi connectivity index (χ3n) is 2.82. The number of benzene rings is 1. The molecule has 22 heavy (non-hydrogen) atoms. The highest BCUT2D eigenvalue weighted by atomic mass is 35.5. The van der Waals surface area contributed by atoms with Gasteiger partial charge in [-0.05, 0) is 30.3 Å². The SMILES string of the molecule is O=C(OCc1cc(-c2ccco2)on1)c1cc(Cl)ccc1Cl. The zero-order valence-electron chi connectivity index (χ0n) is 11.1. The molecule has 5 nitrogen and oxygen atoms in total. The molecule has 0 N–H and O–H groups in total. The van der Waals surface area contributed by atoms with Crippen LogP contribution in [0.5, 0.6) is 0 Å². The van der Waals surface area contributed by atoms with Crippen molar-refractivity contribution in [1.82, 2.24) is 5.16 Å². The van der Waals surface area contributed by atoms with Gasteiger partial charge < -0.3 is 13.7 Å². The molecule has 0 atom stereocenters. The highest BCUT2D eigenvalue weighted by Crippen LogP contribution is 2.23. The number of esters is 1. The summed E-state index contributed by atoms with van der Waals surface area (Å²) in [4.78, 5) is 12.0. The van der Waals surface area contributed by atoms with Crippen LogP contribution in [0.15, 0.2) is 51.6 Å². The first-order valence-corrected chi connectivity index (χ1v) is 7.01. The van der Waals surface area contributed by atoms with E-state index in [2.05, 4.69) is 5.16 Å². The van der Waals surface area contributed by atoms with Crippen LogP contribution in [0.1, 0.15) is 16.1 Å². The third-order valence-corrected chi connectivity index (χ3v) is 3.39. The Labute approximate surface area is 135 Å². The first-order valence-electron chi connectivity index (χ1n) is 6.25. The van der Waals surface area contributed by atoms with Crippen LogP contribution in [0, 0.1) is 0 Å². The molecule has 0 amide bonds. The summed E-state index contributed by atoms with van der Waals surface area (Å²) in [5.41, 5.74) is 0.654. The van der Waals surface area contributed by atoms with E-state index in [9.17, 15) is 4.79 Å². The Balaban J connectivity index is 1.67. The molecule has 0 saturated carbocycles. The van der Waals surface area contributed by atoms with Crippen LogP contribution in [0.2, 0.25) is 10.0 Å². The highest BCUT2D eigenvalue weighted by Gasteiger charge is 2.15. The van der Waals surface area contributed by atoms with Crippen molar-refractivity contribution in [3.63, 3.8) is 0 Å². The van der Waals surface area contributed by atoms with Gasteiger partial charge in [-0.25, -0.2) is 4.79 Å². The second-order valence-electron chi connectivity index (χ2n) is 4.36.